The molecule has 0 radical (unpaired) electrons. The van der Waals surface area contributed by atoms with Crippen LogP contribution in [0.25, 0.3) is 20.8 Å². The first-order chi connectivity index (χ1) is 9.15. The summed E-state index contributed by atoms with van der Waals surface area (Å²) in [6.07, 6.45) is 0. The molecule has 1 heterocycles. The molecular formula is C14H9ClN2OS. The van der Waals surface area contributed by atoms with Gasteiger partial charge in [-0.15, -0.1) is 11.3 Å². The third-order valence-electron chi connectivity index (χ3n) is 2.78. The Kier molecular flexibility index (Phi) is 2.97. The van der Waals surface area contributed by atoms with Crippen LogP contribution in [-0.2, 0) is 0 Å². The normalized spacial score (nSPS) is 10.8. The Morgan fingerprint density at radius 2 is 2.00 bits per heavy atom. The van der Waals surface area contributed by atoms with Crippen LogP contribution < -0.4 is 5.73 Å². The number of hydrogen-bond donors (Lipinski definition) is 1. The van der Waals surface area contributed by atoms with E-state index in [4.69, 9.17) is 17.3 Å². The van der Waals surface area contributed by atoms with Gasteiger partial charge in [0.1, 0.15) is 5.01 Å². The standard InChI is InChI=1S/C14H9ClN2OS/c15-10-4-2-1-3-9(10)14-17-11-6-5-8(13(16)18)7-12(11)19-14/h1-7H,(H2,16,18). The second kappa shape index (κ2) is 4.64. The van der Waals surface area contributed by atoms with Crippen molar-refractivity contribution in [2.24, 2.45) is 5.73 Å². The van der Waals surface area contributed by atoms with Crippen molar-refractivity contribution in [3.05, 3.63) is 53.1 Å². The number of hydrogen-bond acceptors (Lipinski definition) is 3. The van der Waals surface area contributed by atoms with Gasteiger partial charge in [-0.05, 0) is 24.3 Å². The number of thiazole rings is 1. The molecular weight excluding hydrogens is 280 g/mol. The Morgan fingerprint density at radius 3 is 2.74 bits per heavy atom. The van der Waals surface area contributed by atoms with Crippen molar-refractivity contribution < 1.29 is 4.79 Å². The van der Waals surface area contributed by atoms with Crippen LogP contribution in [0.3, 0.4) is 0 Å². The van der Waals surface area contributed by atoms with Crippen LogP contribution in [0.5, 0.6) is 0 Å². The number of fused-ring (bicyclic) bond motifs is 1. The smallest absolute Gasteiger partial charge is 0.248 e. The first-order valence-corrected chi connectivity index (χ1v) is 6.80. The van der Waals surface area contributed by atoms with E-state index in [-0.39, 0.29) is 0 Å². The molecule has 0 bridgehead atoms. The molecule has 19 heavy (non-hydrogen) atoms. The number of amides is 1. The maximum Gasteiger partial charge on any atom is 0.248 e. The highest BCUT2D eigenvalue weighted by atomic mass is 35.5. The number of benzene rings is 2. The lowest BCUT2D eigenvalue weighted by Crippen LogP contribution is -2.10. The van der Waals surface area contributed by atoms with Crippen molar-refractivity contribution >= 4 is 39.1 Å². The molecule has 0 unspecified atom stereocenters. The van der Waals surface area contributed by atoms with Crippen LogP contribution in [-0.4, -0.2) is 10.9 Å². The van der Waals surface area contributed by atoms with Gasteiger partial charge in [0.2, 0.25) is 5.91 Å². The molecule has 0 aliphatic heterocycles. The molecule has 0 fully saturated rings. The monoisotopic (exact) mass is 288 g/mol. The topological polar surface area (TPSA) is 56.0 Å². The number of carbonyl (C=O) groups is 1. The molecule has 2 aromatic carbocycles. The third kappa shape index (κ3) is 2.20. The molecule has 0 saturated carbocycles. The van der Waals surface area contributed by atoms with E-state index in [9.17, 15) is 4.79 Å². The fourth-order valence-electron chi connectivity index (χ4n) is 1.83. The molecule has 0 aliphatic carbocycles. The zero-order valence-electron chi connectivity index (χ0n) is 9.76. The predicted octanol–water partition coefficient (Wildman–Crippen LogP) is 3.72. The number of nitrogens with zero attached hydrogens (tertiary/aromatic N) is 1. The van der Waals surface area contributed by atoms with Crippen molar-refractivity contribution in [1.82, 2.24) is 4.98 Å². The Bertz CT molecular complexity index is 782. The quantitative estimate of drug-likeness (QED) is 0.781. The Morgan fingerprint density at radius 1 is 1.21 bits per heavy atom. The lowest BCUT2D eigenvalue weighted by Gasteiger charge is -1.97. The van der Waals surface area contributed by atoms with Gasteiger partial charge in [-0.1, -0.05) is 29.8 Å². The summed E-state index contributed by atoms with van der Waals surface area (Å²) in [6.45, 7) is 0. The van der Waals surface area contributed by atoms with Crippen LogP contribution in [0.1, 0.15) is 10.4 Å². The van der Waals surface area contributed by atoms with Gasteiger partial charge in [-0.2, -0.15) is 0 Å². The van der Waals surface area contributed by atoms with Crippen molar-refractivity contribution in [1.29, 1.82) is 0 Å². The first kappa shape index (κ1) is 12.1. The van der Waals surface area contributed by atoms with E-state index < -0.39 is 5.91 Å². The highest BCUT2D eigenvalue weighted by Gasteiger charge is 2.10. The van der Waals surface area contributed by atoms with E-state index in [0.29, 0.717) is 10.6 Å². The highest BCUT2D eigenvalue weighted by molar-refractivity contribution is 7.21. The zero-order chi connectivity index (χ0) is 13.4. The SMILES string of the molecule is NC(=O)c1ccc2nc(-c3ccccc3Cl)sc2c1. The molecule has 3 nitrogen and oxygen atoms in total. The van der Waals surface area contributed by atoms with Gasteiger partial charge >= 0.3 is 0 Å². The summed E-state index contributed by atoms with van der Waals surface area (Å²) in [6, 6.07) is 12.8. The minimum atomic E-state index is -0.436. The molecule has 2 N–H and O–H groups in total. The average molecular weight is 289 g/mol. The van der Waals surface area contributed by atoms with E-state index in [1.54, 1.807) is 18.2 Å². The summed E-state index contributed by atoms with van der Waals surface area (Å²) >= 11 is 7.65. The summed E-state index contributed by atoms with van der Waals surface area (Å²) in [5, 5.41) is 1.50. The van der Waals surface area contributed by atoms with E-state index in [2.05, 4.69) is 4.98 Å². The first-order valence-electron chi connectivity index (χ1n) is 5.60. The predicted molar refractivity (Wildman–Crippen MR) is 78.6 cm³/mol. The van der Waals surface area contributed by atoms with Crippen LogP contribution in [0.4, 0.5) is 0 Å². The maximum absolute atomic E-state index is 11.2. The minimum Gasteiger partial charge on any atom is -0.366 e. The van der Waals surface area contributed by atoms with Gasteiger partial charge < -0.3 is 5.73 Å². The van der Waals surface area contributed by atoms with Gasteiger partial charge in [0.05, 0.1) is 15.2 Å². The number of nitrogens with two attached hydrogens (primary N) is 1. The number of rotatable bonds is 2. The van der Waals surface area contributed by atoms with Crippen LogP contribution >= 0.6 is 22.9 Å². The van der Waals surface area contributed by atoms with Crippen molar-refractivity contribution in [3.63, 3.8) is 0 Å². The summed E-state index contributed by atoms with van der Waals surface area (Å²) in [5.74, 6) is -0.436. The summed E-state index contributed by atoms with van der Waals surface area (Å²) in [7, 11) is 0. The third-order valence-corrected chi connectivity index (χ3v) is 4.16. The number of halogens is 1. The van der Waals surface area contributed by atoms with E-state index in [1.165, 1.54) is 11.3 Å². The number of aromatic nitrogens is 1. The second-order valence-corrected chi connectivity index (χ2v) is 5.48. The molecule has 0 saturated heterocycles. The van der Waals surface area contributed by atoms with Crippen molar-refractivity contribution in [2.75, 3.05) is 0 Å². The number of primary amides is 1. The second-order valence-electron chi connectivity index (χ2n) is 4.05. The number of carbonyl (C=O) groups excluding carboxylic acids is 1. The van der Waals surface area contributed by atoms with E-state index >= 15 is 0 Å². The fourth-order valence-corrected chi connectivity index (χ4v) is 3.15. The molecule has 3 rings (SSSR count). The molecule has 94 valence electrons. The van der Waals surface area contributed by atoms with Crippen LogP contribution in [0.2, 0.25) is 5.02 Å². The Balaban J connectivity index is 2.17. The maximum atomic E-state index is 11.2. The van der Waals surface area contributed by atoms with Crippen LogP contribution in [0.15, 0.2) is 42.5 Å². The summed E-state index contributed by atoms with van der Waals surface area (Å²) in [4.78, 5) is 15.7. The fraction of sp³-hybridized carbons (Fsp3) is 0. The highest BCUT2D eigenvalue weighted by Crippen LogP contribution is 2.34. The average Bonchev–Trinajstić information content (AvgIpc) is 2.81. The molecule has 5 heteroatoms. The molecule has 1 aromatic heterocycles. The van der Waals surface area contributed by atoms with Crippen molar-refractivity contribution in [3.8, 4) is 10.6 Å². The van der Waals surface area contributed by atoms with Gasteiger partial charge in [-0.3, -0.25) is 4.79 Å². The largest absolute Gasteiger partial charge is 0.366 e. The van der Waals surface area contributed by atoms with E-state index in [0.717, 1.165) is 20.8 Å². The lowest BCUT2D eigenvalue weighted by atomic mass is 10.2. The van der Waals surface area contributed by atoms with E-state index in [1.807, 2.05) is 24.3 Å². The molecule has 0 aliphatic rings. The van der Waals surface area contributed by atoms with Gasteiger partial charge in [0.25, 0.3) is 0 Å². The zero-order valence-corrected chi connectivity index (χ0v) is 11.3. The summed E-state index contributed by atoms with van der Waals surface area (Å²) < 4.78 is 0.922. The lowest BCUT2D eigenvalue weighted by molar-refractivity contribution is 0.100. The molecule has 1 amide bonds. The minimum absolute atomic E-state index is 0.436. The molecule has 0 atom stereocenters. The van der Waals surface area contributed by atoms with Crippen LogP contribution in [0, 0.1) is 0 Å². The van der Waals surface area contributed by atoms with Gasteiger partial charge in [-0.25, -0.2) is 4.98 Å². The van der Waals surface area contributed by atoms with Gasteiger partial charge in [0, 0.05) is 11.1 Å². The summed E-state index contributed by atoms with van der Waals surface area (Å²) in [5.41, 5.74) is 7.49. The van der Waals surface area contributed by atoms with Gasteiger partial charge in [0.15, 0.2) is 0 Å². The molecule has 0 spiro atoms. The molecule has 3 aromatic rings. The Labute approximate surface area is 118 Å². The van der Waals surface area contributed by atoms with Crippen molar-refractivity contribution in [2.45, 2.75) is 0 Å². The Hall–Kier alpha value is -1.91.